The van der Waals surface area contributed by atoms with Crippen LogP contribution < -0.4 is 0 Å². The van der Waals surface area contributed by atoms with Crippen molar-refractivity contribution in [1.82, 2.24) is 0 Å². The Bertz CT molecular complexity index is 444. The van der Waals surface area contributed by atoms with Crippen molar-refractivity contribution in [2.24, 2.45) is 0 Å². The molecule has 3 nitrogen and oxygen atoms in total. The minimum atomic E-state index is -4.42. The molecule has 0 radical (unpaired) electrons. The Morgan fingerprint density at radius 3 is 2.48 bits per heavy atom. The fraction of sp³-hybridized carbons (Fsp3) is 0.600. The predicted molar refractivity (Wildman–Crippen MR) is 72.9 cm³/mol. The molecule has 0 heterocycles. The molecule has 0 aliphatic heterocycles. The molecule has 0 bridgehead atoms. The normalized spacial score (nSPS) is 14.2. The number of hydrogen-bond acceptors (Lipinski definition) is 3. The molecule has 1 atom stereocenters. The Morgan fingerprint density at radius 2 is 1.90 bits per heavy atom. The lowest BCUT2D eigenvalue weighted by Crippen LogP contribution is -2.25. The minimum Gasteiger partial charge on any atom is -0.386 e. The molecule has 0 saturated heterocycles. The Morgan fingerprint density at radius 1 is 1.24 bits per heavy atom. The molecule has 120 valence electrons. The average Bonchev–Trinajstić information content (AvgIpc) is 2.42. The van der Waals surface area contributed by atoms with Gasteiger partial charge in [-0.25, -0.2) is 0 Å². The lowest BCUT2D eigenvalue weighted by atomic mass is 10.1. The van der Waals surface area contributed by atoms with E-state index >= 15 is 0 Å². The van der Waals surface area contributed by atoms with Crippen LogP contribution >= 0.6 is 0 Å². The third kappa shape index (κ3) is 6.03. The molecule has 1 aromatic carbocycles. The number of aliphatic hydroxyl groups excluding tert-OH is 1. The van der Waals surface area contributed by atoms with Gasteiger partial charge in [0.1, 0.15) is 6.10 Å². The maximum Gasteiger partial charge on any atom is 0.416 e. The van der Waals surface area contributed by atoms with E-state index in [9.17, 15) is 18.3 Å². The lowest BCUT2D eigenvalue weighted by molar-refractivity contribution is -0.137. The lowest BCUT2D eigenvalue weighted by Gasteiger charge is -2.23. The molecule has 6 heteroatoms. The van der Waals surface area contributed by atoms with Crippen LogP contribution in [0.2, 0.25) is 0 Å². The zero-order valence-electron chi connectivity index (χ0n) is 12.4. The van der Waals surface area contributed by atoms with Gasteiger partial charge in [-0.3, -0.25) is 0 Å². The summed E-state index contributed by atoms with van der Waals surface area (Å²) in [5.41, 5.74) is -0.920. The van der Waals surface area contributed by atoms with E-state index in [2.05, 4.69) is 0 Å². The van der Waals surface area contributed by atoms with Crippen molar-refractivity contribution in [2.75, 3.05) is 20.3 Å². The number of methoxy groups -OCH3 is 1. The number of hydrogen-bond donors (Lipinski definition) is 1. The molecule has 1 rings (SSSR count). The smallest absolute Gasteiger partial charge is 0.386 e. The molecule has 21 heavy (non-hydrogen) atoms. The summed E-state index contributed by atoms with van der Waals surface area (Å²) in [6, 6.07) is 4.63. The van der Waals surface area contributed by atoms with Crippen LogP contribution in [-0.2, 0) is 15.7 Å². The number of halogens is 3. The van der Waals surface area contributed by atoms with Gasteiger partial charge in [0, 0.05) is 13.7 Å². The zero-order valence-corrected chi connectivity index (χ0v) is 12.4. The van der Waals surface area contributed by atoms with Crippen molar-refractivity contribution >= 4 is 0 Å². The molecular weight excluding hydrogens is 285 g/mol. The maximum atomic E-state index is 12.6. The van der Waals surface area contributed by atoms with Crippen molar-refractivity contribution in [2.45, 2.75) is 38.1 Å². The largest absolute Gasteiger partial charge is 0.416 e. The van der Waals surface area contributed by atoms with Gasteiger partial charge >= 0.3 is 6.18 Å². The standard InChI is InChI=1S/C15H21F3O3/c1-14(2,20-3)7-8-21-10-13(19)11-5-4-6-12(9-11)15(16,17)18/h4-6,9,13,19H,7-8,10H2,1-3H3. The first-order chi connectivity index (χ1) is 9.65. The molecule has 0 aliphatic carbocycles. The van der Waals surface area contributed by atoms with Gasteiger partial charge < -0.3 is 14.6 Å². The van der Waals surface area contributed by atoms with Gasteiger partial charge in [0.2, 0.25) is 0 Å². The molecule has 0 aliphatic rings. The molecule has 1 N–H and O–H groups in total. The van der Waals surface area contributed by atoms with Crippen molar-refractivity contribution < 1.29 is 27.8 Å². The number of rotatable bonds is 7. The van der Waals surface area contributed by atoms with Gasteiger partial charge in [-0.1, -0.05) is 12.1 Å². The first-order valence-electron chi connectivity index (χ1n) is 6.64. The summed E-state index contributed by atoms with van der Waals surface area (Å²) in [6.45, 7) is 4.11. The van der Waals surface area contributed by atoms with Gasteiger partial charge in [-0.15, -0.1) is 0 Å². The van der Waals surface area contributed by atoms with Crippen molar-refractivity contribution in [3.8, 4) is 0 Å². The van der Waals surface area contributed by atoms with Crippen LogP contribution in [0, 0.1) is 0 Å². The first-order valence-corrected chi connectivity index (χ1v) is 6.64. The highest BCUT2D eigenvalue weighted by Crippen LogP contribution is 2.30. The fourth-order valence-electron chi connectivity index (χ4n) is 1.63. The number of aliphatic hydroxyl groups is 1. The van der Waals surface area contributed by atoms with E-state index in [0.717, 1.165) is 12.1 Å². The number of benzene rings is 1. The average molecular weight is 306 g/mol. The molecule has 0 fully saturated rings. The van der Waals surface area contributed by atoms with E-state index in [-0.39, 0.29) is 17.8 Å². The fourth-order valence-corrected chi connectivity index (χ4v) is 1.63. The predicted octanol–water partition coefficient (Wildman–Crippen LogP) is 3.57. The Labute approximate surface area is 122 Å². The monoisotopic (exact) mass is 306 g/mol. The van der Waals surface area contributed by atoms with E-state index < -0.39 is 17.8 Å². The summed E-state index contributed by atoms with van der Waals surface area (Å²) in [6.07, 6.45) is -4.88. The Balaban J connectivity index is 2.51. The molecule has 0 aromatic heterocycles. The van der Waals surface area contributed by atoms with Crippen molar-refractivity contribution in [1.29, 1.82) is 0 Å². The van der Waals surface area contributed by atoms with Crippen LogP contribution in [0.25, 0.3) is 0 Å². The summed E-state index contributed by atoms with van der Waals surface area (Å²) in [5.74, 6) is 0. The molecule has 0 amide bonds. The van der Waals surface area contributed by atoms with Crippen LogP contribution in [0.3, 0.4) is 0 Å². The first kappa shape index (κ1) is 17.9. The van der Waals surface area contributed by atoms with Crippen LogP contribution in [0.5, 0.6) is 0 Å². The highest BCUT2D eigenvalue weighted by Gasteiger charge is 2.30. The summed E-state index contributed by atoms with van der Waals surface area (Å²) in [4.78, 5) is 0. The molecule has 0 saturated carbocycles. The third-order valence-electron chi connectivity index (χ3n) is 3.28. The van der Waals surface area contributed by atoms with Crippen LogP contribution in [0.15, 0.2) is 24.3 Å². The molecule has 1 unspecified atom stereocenters. The third-order valence-corrected chi connectivity index (χ3v) is 3.28. The van der Waals surface area contributed by atoms with Crippen LogP contribution in [0.1, 0.15) is 37.5 Å². The van der Waals surface area contributed by atoms with Gasteiger partial charge in [0.15, 0.2) is 0 Å². The topological polar surface area (TPSA) is 38.7 Å². The van der Waals surface area contributed by atoms with Gasteiger partial charge in [-0.05, 0) is 38.0 Å². The zero-order chi connectivity index (χ0) is 16.1. The van der Waals surface area contributed by atoms with E-state index in [1.807, 2.05) is 13.8 Å². The number of ether oxygens (including phenoxy) is 2. The number of alkyl halides is 3. The Hall–Kier alpha value is -1.11. The van der Waals surface area contributed by atoms with E-state index in [0.29, 0.717) is 13.0 Å². The molecule has 1 aromatic rings. The van der Waals surface area contributed by atoms with Gasteiger partial charge in [0.05, 0.1) is 17.8 Å². The second kappa shape index (κ2) is 7.24. The Kier molecular flexibility index (Phi) is 6.19. The summed E-state index contributed by atoms with van der Waals surface area (Å²) < 4.78 is 48.3. The van der Waals surface area contributed by atoms with E-state index in [1.54, 1.807) is 7.11 Å². The summed E-state index contributed by atoms with van der Waals surface area (Å²) >= 11 is 0. The SMILES string of the molecule is COC(C)(C)CCOCC(O)c1cccc(C(F)(F)F)c1. The van der Waals surface area contributed by atoms with Gasteiger partial charge in [0.25, 0.3) is 0 Å². The van der Waals surface area contributed by atoms with E-state index in [4.69, 9.17) is 9.47 Å². The van der Waals surface area contributed by atoms with Crippen LogP contribution in [0.4, 0.5) is 13.2 Å². The summed E-state index contributed by atoms with van der Waals surface area (Å²) in [7, 11) is 1.59. The minimum absolute atomic E-state index is 0.0545. The second-order valence-corrected chi connectivity index (χ2v) is 5.43. The highest BCUT2D eigenvalue weighted by atomic mass is 19.4. The maximum absolute atomic E-state index is 12.6. The van der Waals surface area contributed by atoms with Crippen molar-refractivity contribution in [3.63, 3.8) is 0 Å². The van der Waals surface area contributed by atoms with E-state index in [1.165, 1.54) is 12.1 Å². The second-order valence-electron chi connectivity index (χ2n) is 5.43. The molecular formula is C15H21F3O3. The van der Waals surface area contributed by atoms with Gasteiger partial charge in [-0.2, -0.15) is 13.2 Å². The quantitative estimate of drug-likeness (QED) is 0.783. The van der Waals surface area contributed by atoms with Crippen molar-refractivity contribution in [3.05, 3.63) is 35.4 Å². The van der Waals surface area contributed by atoms with Crippen LogP contribution in [-0.4, -0.2) is 31.0 Å². The summed E-state index contributed by atoms with van der Waals surface area (Å²) in [5, 5.41) is 9.87. The highest BCUT2D eigenvalue weighted by molar-refractivity contribution is 5.27. The molecule has 0 spiro atoms.